The Kier molecular flexibility index (Phi) is 3.97. The van der Waals surface area contributed by atoms with Gasteiger partial charge in [0.2, 0.25) is 0 Å². The minimum atomic E-state index is -0.156. The van der Waals surface area contributed by atoms with Gasteiger partial charge < -0.3 is 11.1 Å². The highest BCUT2D eigenvalue weighted by molar-refractivity contribution is 7.07. The Morgan fingerprint density at radius 3 is 2.93 bits per heavy atom. The molecule has 1 atom stereocenters. The van der Waals surface area contributed by atoms with E-state index in [4.69, 9.17) is 5.73 Å². The van der Waals surface area contributed by atoms with Gasteiger partial charge in [0.25, 0.3) is 5.91 Å². The smallest absolute Gasteiger partial charge is 0.264 e. The molecule has 0 fully saturated rings. The van der Waals surface area contributed by atoms with Crippen LogP contribution in [0.2, 0.25) is 0 Å². The van der Waals surface area contributed by atoms with Crippen molar-refractivity contribution < 1.29 is 4.79 Å². The highest BCUT2D eigenvalue weighted by Crippen LogP contribution is 2.02. The Morgan fingerprint density at radius 2 is 2.43 bits per heavy atom. The number of carbonyl (C=O) groups excluding carboxylic acids is 1. The Morgan fingerprint density at radius 1 is 1.71 bits per heavy atom. The molecule has 1 amide bonds. The maximum atomic E-state index is 11.4. The van der Waals surface area contributed by atoms with E-state index in [1.807, 2.05) is 13.8 Å². The van der Waals surface area contributed by atoms with Gasteiger partial charge in [0, 0.05) is 12.6 Å². The first-order valence-electron chi connectivity index (χ1n) is 4.42. The number of hydrogen-bond donors (Lipinski definition) is 2. The van der Waals surface area contributed by atoms with E-state index in [2.05, 4.69) is 14.9 Å². The summed E-state index contributed by atoms with van der Waals surface area (Å²) in [6, 6.07) is -0.0140. The van der Waals surface area contributed by atoms with Crippen LogP contribution in [0, 0.1) is 5.92 Å². The highest BCUT2D eigenvalue weighted by Gasteiger charge is 2.11. The number of hydrogen-bond acceptors (Lipinski definition) is 5. The lowest BCUT2D eigenvalue weighted by atomic mass is 10.1. The lowest BCUT2D eigenvalue weighted by Gasteiger charge is -2.15. The van der Waals surface area contributed by atoms with E-state index < -0.39 is 0 Å². The zero-order valence-corrected chi connectivity index (χ0v) is 9.04. The van der Waals surface area contributed by atoms with Crippen LogP contribution in [-0.4, -0.2) is 28.1 Å². The molecule has 5 nitrogen and oxygen atoms in total. The molecule has 1 aromatic heterocycles. The van der Waals surface area contributed by atoms with Crippen molar-refractivity contribution in [1.82, 2.24) is 14.9 Å². The predicted molar refractivity (Wildman–Crippen MR) is 55.1 cm³/mol. The summed E-state index contributed by atoms with van der Waals surface area (Å²) in [7, 11) is 0. The topological polar surface area (TPSA) is 80.9 Å². The normalized spacial score (nSPS) is 12.9. The van der Waals surface area contributed by atoms with Gasteiger partial charge in [-0.15, -0.1) is 5.10 Å². The van der Waals surface area contributed by atoms with Gasteiger partial charge in [-0.05, 0) is 17.5 Å². The fraction of sp³-hybridized carbons (Fsp3) is 0.625. The number of nitrogens with one attached hydrogen (secondary N) is 1. The molecule has 0 radical (unpaired) electrons. The van der Waals surface area contributed by atoms with Crippen LogP contribution in [0.4, 0.5) is 0 Å². The van der Waals surface area contributed by atoms with Crippen LogP contribution in [0.3, 0.4) is 0 Å². The van der Waals surface area contributed by atoms with Crippen LogP contribution in [-0.2, 0) is 0 Å². The van der Waals surface area contributed by atoms with Gasteiger partial charge in [-0.2, -0.15) is 0 Å². The van der Waals surface area contributed by atoms with E-state index in [1.54, 1.807) is 0 Å². The van der Waals surface area contributed by atoms with Crippen molar-refractivity contribution in [3.63, 3.8) is 0 Å². The Balaban J connectivity index is 2.36. The molecule has 0 aromatic carbocycles. The predicted octanol–water partition coefficient (Wildman–Crippen LogP) is 0.251. The van der Waals surface area contributed by atoms with E-state index in [9.17, 15) is 4.79 Å². The molecule has 0 aliphatic carbocycles. The third-order valence-corrected chi connectivity index (χ3v) is 2.60. The number of nitrogens with zero attached hydrogens (tertiary/aromatic N) is 2. The van der Waals surface area contributed by atoms with E-state index in [1.165, 1.54) is 6.20 Å². The number of rotatable bonds is 4. The van der Waals surface area contributed by atoms with Crippen molar-refractivity contribution in [3.8, 4) is 0 Å². The van der Waals surface area contributed by atoms with Gasteiger partial charge in [0.15, 0.2) is 0 Å². The summed E-state index contributed by atoms with van der Waals surface area (Å²) in [5.74, 6) is 0.200. The maximum absolute atomic E-state index is 11.4. The van der Waals surface area contributed by atoms with E-state index in [0.29, 0.717) is 17.3 Å². The summed E-state index contributed by atoms with van der Waals surface area (Å²) in [6.07, 6.45) is 1.45. The van der Waals surface area contributed by atoms with Crippen molar-refractivity contribution in [3.05, 3.63) is 11.1 Å². The second-order valence-electron chi connectivity index (χ2n) is 3.40. The van der Waals surface area contributed by atoms with Crippen molar-refractivity contribution in [2.45, 2.75) is 19.9 Å². The zero-order chi connectivity index (χ0) is 10.6. The molecule has 0 aliphatic heterocycles. The lowest BCUT2D eigenvalue weighted by Crippen LogP contribution is -2.40. The monoisotopic (exact) mass is 214 g/mol. The average molecular weight is 214 g/mol. The SMILES string of the molecule is CC(C)C(N)CNC(=O)c1cnns1. The molecule has 6 heteroatoms. The molecule has 1 heterocycles. The number of carbonyl (C=O) groups is 1. The molecule has 3 N–H and O–H groups in total. The van der Waals surface area contributed by atoms with Crippen molar-refractivity contribution in [2.24, 2.45) is 11.7 Å². The second kappa shape index (κ2) is 5.02. The van der Waals surface area contributed by atoms with Gasteiger partial charge in [-0.3, -0.25) is 4.79 Å². The van der Waals surface area contributed by atoms with E-state index in [0.717, 1.165) is 11.5 Å². The van der Waals surface area contributed by atoms with Crippen LogP contribution >= 0.6 is 11.5 Å². The molecular formula is C8H14N4OS. The minimum Gasteiger partial charge on any atom is -0.350 e. The highest BCUT2D eigenvalue weighted by atomic mass is 32.1. The summed E-state index contributed by atoms with van der Waals surface area (Å²) in [5.41, 5.74) is 5.78. The first kappa shape index (κ1) is 11.1. The van der Waals surface area contributed by atoms with Gasteiger partial charge in [0.1, 0.15) is 4.88 Å². The van der Waals surface area contributed by atoms with Gasteiger partial charge in [0.05, 0.1) is 6.20 Å². The molecule has 1 unspecified atom stereocenters. The minimum absolute atomic E-state index is 0.0140. The molecular weight excluding hydrogens is 200 g/mol. The zero-order valence-electron chi connectivity index (χ0n) is 8.23. The largest absolute Gasteiger partial charge is 0.350 e. The molecule has 78 valence electrons. The Bertz CT molecular complexity index is 286. The lowest BCUT2D eigenvalue weighted by molar-refractivity contribution is 0.0953. The molecule has 14 heavy (non-hydrogen) atoms. The van der Waals surface area contributed by atoms with Crippen LogP contribution < -0.4 is 11.1 Å². The standard InChI is InChI=1S/C8H14N4OS/c1-5(2)6(9)3-10-8(13)7-4-11-12-14-7/h4-6H,3,9H2,1-2H3,(H,10,13). The quantitative estimate of drug-likeness (QED) is 0.753. The summed E-state index contributed by atoms with van der Waals surface area (Å²) in [6.45, 7) is 4.52. The summed E-state index contributed by atoms with van der Waals surface area (Å²) < 4.78 is 3.61. The first-order valence-corrected chi connectivity index (χ1v) is 5.19. The molecule has 1 rings (SSSR count). The number of aromatic nitrogens is 2. The Hall–Kier alpha value is -1.01. The van der Waals surface area contributed by atoms with Gasteiger partial charge in [-0.1, -0.05) is 18.3 Å². The van der Waals surface area contributed by atoms with Crippen molar-refractivity contribution in [1.29, 1.82) is 0 Å². The molecule has 0 bridgehead atoms. The average Bonchev–Trinajstić information content (AvgIpc) is 2.66. The molecule has 0 aliphatic rings. The van der Waals surface area contributed by atoms with Crippen LogP contribution in [0.25, 0.3) is 0 Å². The van der Waals surface area contributed by atoms with Crippen molar-refractivity contribution in [2.75, 3.05) is 6.54 Å². The number of nitrogens with two attached hydrogens (primary N) is 1. The summed E-state index contributed by atoms with van der Waals surface area (Å²) in [5, 5.41) is 6.31. The summed E-state index contributed by atoms with van der Waals surface area (Å²) >= 11 is 1.08. The van der Waals surface area contributed by atoms with Gasteiger partial charge >= 0.3 is 0 Å². The van der Waals surface area contributed by atoms with Gasteiger partial charge in [-0.25, -0.2) is 0 Å². The fourth-order valence-corrected chi connectivity index (χ4v) is 1.23. The molecule has 1 aromatic rings. The molecule has 0 spiro atoms. The van der Waals surface area contributed by atoms with Crippen LogP contribution in [0.1, 0.15) is 23.5 Å². The van der Waals surface area contributed by atoms with Crippen LogP contribution in [0.15, 0.2) is 6.20 Å². The third-order valence-electron chi connectivity index (χ3n) is 1.94. The first-order chi connectivity index (χ1) is 6.61. The second-order valence-corrected chi connectivity index (χ2v) is 4.19. The molecule has 0 saturated heterocycles. The fourth-order valence-electron chi connectivity index (χ4n) is 0.801. The van der Waals surface area contributed by atoms with E-state index in [-0.39, 0.29) is 11.9 Å². The third kappa shape index (κ3) is 3.04. The molecule has 0 saturated carbocycles. The van der Waals surface area contributed by atoms with Crippen molar-refractivity contribution >= 4 is 17.4 Å². The number of amides is 1. The Labute approximate surface area is 86.9 Å². The summed E-state index contributed by atoms with van der Waals surface area (Å²) in [4.78, 5) is 11.9. The maximum Gasteiger partial charge on any atom is 0.264 e. The van der Waals surface area contributed by atoms with E-state index >= 15 is 0 Å². The van der Waals surface area contributed by atoms with Crippen LogP contribution in [0.5, 0.6) is 0 Å².